The van der Waals surface area contributed by atoms with Gasteiger partial charge in [0.2, 0.25) is 0 Å². The molecule has 0 heterocycles. The van der Waals surface area contributed by atoms with Crippen molar-refractivity contribution < 1.29 is 14.7 Å². The van der Waals surface area contributed by atoms with Crippen molar-refractivity contribution in [1.82, 2.24) is 0 Å². The Bertz CT molecular complexity index is 552. The average molecular weight is 304 g/mol. The van der Waals surface area contributed by atoms with Crippen LogP contribution in [0.2, 0.25) is 0 Å². The van der Waals surface area contributed by atoms with Crippen LogP contribution in [0.3, 0.4) is 0 Å². The Morgan fingerprint density at radius 3 is 2.24 bits per heavy atom. The van der Waals surface area contributed by atoms with Gasteiger partial charge in [-0.3, -0.25) is 9.59 Å². The van der Waals surface area contributed by atoms with Gasteiger partial charge in [-0.1, -0.05) is 19.1 Å². The van der Waals surface area contributed by atoms with Crippen LogP contribution >= 0.6 is 11.8 Å². The van der Waals surface area contributed by atoms with Crippen LogP contribution in [0.5, 0.6) is 0 Å². The second-order valence-electron chi connectivity index (χ2n) is 5.30. The SMILES string of the molecule is CCCC(O)=C1C(=O)CC(c2ccc(SC)cc2)CC1=O. The zero-order chi connectivity index (χ0) is 15.4. The maximum atomic E-state index is 12.2. The highest BCUT2D eigenvalue weighted by atomic mass is 32.2. The summed E-state index contributed by atoms with van der Waals surface area (Å²) in [6.07, 6.45) is 3.71. The lowest BCUT2D eigenvalue weighted by molar-refractivity contribution is -0.124. The molecule has 0 amide bonds. The fourth-order valence-corrected chi connectivity index (χ4v) is 3.08. The number of aliphatic hydroxyl groups is 1. The van der Waals surface area contributed by atoms with E-state index in [1.54, 1.807) is 11.8 Å². The number of allylic oxidation sites excluding steroid dienone is 2. The van der Waals surface area contributed by atoms with Crippen molar-refractivity contribution in [3.63, 3.8) is 0 Å². The van der Waals surface area contributed by atoms with E-state index in [4.69, 9.17) is 0 Å². The summed E-state index contributed by atoms with van der Waals surface area (Å²) in [4.78, 5) is 25.5. The Balaban J connectivity index is 2.19. The van der Waals surface area contributed by atoms with E-state index in [1.165, 1.54) is 0 Å². The predicted molar refractivity (Wildman–Crippen MR) is 84.8 cm³/mol. The van der Waals surface area contributed by atoms with E-state index in [-0.39, 0.29) is 28.8 Å². The fourth-order valence-electron chi connectivity index (χ4n) is 2.67. The molecule has 1 N–H and O–H groups in total. The van der Waals surface area contributed by atoms with Crippen LogP contribution in [0.15, 0.2) is 40.5 Å². The molecule has 0 saturated heterocycles. The number of hydrogen-bond acceptors (Lipinski definition) is 4. The number of Topliss-reactive ketones (excluding diaryl/α,β-unsaturated/α-hetero) is 2. The summed E-state index contributed by atoms with van der Waals surface area (Å²) in [5.41, 5.74) is 1.05. The number of carbonyl (C=O) groups excluding carboxylic acids is 2. The van der Waals surface area contributed by atoms with Crippen molar-refractivity contribution in [2.24, 2.45) is 0 Å². The maximum absolute atomic E-state index is 12.2. The van der Waals surface area contributed by atoms with Crippen LogP contribution in [0.4, 0.5) is 0 Å². The Kier molecular flexibility index (Phi) is 5.23. The zero-order valence-electron chi connectivity index (χ0n) is 12.4. The van der Waals surface area contributed by atoms with Crippen LogP contribution in [0, 0.1) is 0 Å². The molecule has 4 heteroatoms. The van der Waals surface area contributed by atoms with Gasteiger partial charge >= 0.3 is 0 Å². The van der Waals surface area contributed by atoms with Crippen LogP contribution in [0.1, 0.15) is 44.1 Å². The van der Waals surface area contributed by atoms with Crippen molar-refractivity contribution in [3.05, 3.63) is 41.2 Å². The molecule has 1 saturated carbocycles. The van der Waals surface area contributed by atoms with Crippen molar-refractivity contribution in [3.8, 4) is 0 Å². The molecule has 0 atom stereocenters. The fraction of sp³-hybridized carbons (Fsp3) is 0.412. The number of hydrogen-bond donors (Lipinski definition) is 1. The zero-order valence-corrected chi connectivity index (χ0v) is 13.2. The van der Waals surface area contributed by atoms with Gasteiger partial charge in [-0.25, -0.2) is 0 Å². The highest BCUT2D eigenvalue weighted by Crippen LogP contribution is 2.33. The second-order valence-corrected chi connectivity index (χ2v) is 6.18. The number of ketones is 2. The standard InChI is InChI=1S/C17H20O3S/c1-3-4-14(18)17-15(19)9-12(10-16(17)20)11-5-7-13(21-2)8-6-11/h5-8,12,18H,3-4,9-10H2,1-2H3. The molecule has 1 fully saturated rings. The van der Waals surface area contributed by atoms with Crippen molar-refractivity contribution in [2.45, 2.75) is 43.4 Å². The maximum Gasteiger partial charge on any atom is 0.170 e. The van der Waals surface area contributed by atoms with E-state index in [9.17, 15) is 14.7 Å². The lowest BCUT2D eigenvalue weighted by Crippen LogP contribution is -2.26. The van der Waals surface area contributed by atoms with E-state index in [0.29, 0.717) is 19.3 Å². The number of thioether (sulfide) groups is 1. The van der Waals surface area contributed by atoms with Gasteiger partial charge in [0, 0.05) is 24.2 Å². The minimum atomic E-state index is -0.226. The number of benzene rings is 1. The Morgan fingerprint density at radius 1 is 1.19 bits per heavy atom. The molecule has 0 bridgehead atoms. The molecule has 1 aliphatic rings. The number of rotatable bonds is 4. The molecule has 1 aromatic rings. The summed E-state index contributed by atoms with van der Waals surface area (Å²) >= 11 is 1.66. The molecule has 112 valence electrons. The monoisotopic (exact) mass is 304 g/mol. The Morgan fingerprint density at radius 2 is 1.76 bits per heavy atom. The van der Waals surface area contributed by atoms with Crippen molar-refractivity contribution in [1.29, 1.82) is 0 Å². The molecule has 2 rings (SSSR count). The third kappa shape index (κ3) is 3.56. The summed E-state index contributed by atoms with van der Waals surface area (Å²) in [6.45, 7) is 1.91. The molecule has 0 unspecified atom stereocenters. The van der Waals surface area contributed by atoms with Gasteiger partial charge in [-0.15, -0.1) is 11.8 Å². The molecule has 0 aromatic heterocycles. The first-order valence-electron chi connectivity index (χ1n) is 7.19. The lowest BCUT2D eigenvalue weighted by atomic mass is 9.79. The Labute approximate surface area is 129 Å². The van der Waals surface area contributed by atoms with Gasteiger partial charge in [-0.2, -0.15) is 0 Å². The van der Waals surface area contributed by atoms with E-state index in [2.05, 4.69) is 0 Å². The van der Waals surface area contributed by atoms with Crippen molar-refractivity contribution in [2.75, 3.05) is 6.26 Å². The summed E-state index contributed by atoms with van der Waals surface area (Å²) in [5, 5.41) is 9.88. The second kappa shape index (κ2) is 6.94. The quantitative estimate of drug-likeness (QED) is 0.395. The molecular weight excluding hydrogens is 284 g/mol. The number of aliphatic hydroxyl groups excluding tert-OH is 1. The summed E-state index contributed by atoms with van der Waals surface area (Å²) in [5.74, 6) is -0.560. The van der Waals surface area contributed by atoms with Crippen LogP contribution in [-0.4, -0.2) is 22.9 Å². The minimum Gasteiger partial charge on any atom is -0.511 e. The van der Waals surface area contributed by atoms with E-state index in [0.717, 1.165) is 16.9 Å². The first-order valence-corrected chi connectivity index (χ1v) is 8.41. The lowest BCUT2D eigenvalue weighted by Gasteiger charge is -2.23. The molecular formula is C17H20O3S. The minimum absolute atomic E-state index is 0.0360. The first-order chi connectivity index (χ1) is 10.1. The molecule has 3 nitrogen and oxygen atoms in total. The van der Waals surface area contributed by atoms with E-state index >= 15 is 0 Å². The molecule has 1 aliphatic carbocycles. The number of carbonyl (C=O) groups is 2. The smallest absolute Gasteiger partial charge is 0.170 e. The van der Waals surface area contributed by atoms with E-state index < -0.39 is 0 Å². The van der Waals surface area contributed by atoms with Crippen LogP contribution in [-0.2, 0) is 9.59 Å². The molecule has 21 heavy (non-hydrogen) atoms. The summed E-state index contributed by atoms with van der Waals surface area (Å²) in [6, 6.07) is 7.99. The highest BCUT2D eigenvalue weighted by molar-refractivity contribution is 7.98. The van der Waals surface area contributed by atoms with Gasteiger partial charge in [0.25, 0.3) is 0 Å². The molecule has 0 spiro atoms. The van der Waals surface area contributed by atoms with Gasteiger partial charge in [0.1, 0.15) is 5.76 Å². The van der Waals surface area contributed by atoms with Crippen LogP contribution < -0.4 is 0 Å². The van der Waals surface area contributed by atoms with Gasteiger partial charge in [0.05, 0.1) is 5.57 Å². The summed E-state index contributed by atoms with van der Waals surface area (Å²) < 4.78 is 0. The first kappa shape index (κ1) is 15.8. The third-order valence-electron chi connectivity index (χ3n) is 3.78. The average Bonchev–Trinajstić information content (AvgIpc) is 2.47. The summed E-state index contributed by atoms with van der Waals surface area (Å²) in [7, 11) is 0. The van der Waals surface area contributed by atoms with Crippen LogP contribution in [0.25, 0.3) is 0 Å². The molecule has 0 aliphatic heterocycles. The van der Waals surface area contributed by atoms with Gasteiger partial charge in [0.15, 0.2) is 11.6 Å². The Hall–Kier alpha value is -1.55. The largest absolute Gasteiger partial charge is 0.511 e. The van der Waals surface area contributed by atoms with E-state index in [1.807, 2.05) is 37.4 Å². The third-order valence-corrected chi connectivity index (χ3v) is 4.53. The topological polar surface area (TPSA) is 54.4 Å². The molecule has 0 radical (unpaired) electrons. The normalized spacial score (nSPS) is 19.0. The molecule has 1 aromatic carbocycles. The van der Waals surface area contributed by atoms with Gasteiger partial charge in [-0.05, 0) is 36.3 Å². The van der Waals surface area contributed by atoms with Crippen molar-refractivity contribution >= 4 is 23.3 Å². The predicted octanol–water partition coefficient (Wildman–Crippen LogP) is 4.04. The van der Waals surface area contributed by atoms with Gasteiger partial charge < -0.3 is 5.11 Å². The highest BCUT2D eigenvalue weighted by Gasteiger charge is 2.33.